The van der Waals surface area contributed by atoms with Gasteiger partial charge in [-0.1, -0.05) is 11.6 Å². The minimum absolute atomic E-state index is 0.0797. The standard InChI is InChI=1S/C14H18ClN3O2S/c1-9(19)17-13-6-10(15)2-3-12(13)18-14(20)7-11-8-21-5-4-16-11/h2-3,6,11,16H,4-5,7-8H2,1H3,(H,17,19)(H,18,20). The number of nitrogens with one attached hydrogen (secondary N) is 3. The minimum Gasteiger partial charge on any atom is -0.324 e. The third-order valence-electron chi connectivity index (χ3n) is 3.00. The van der Waals surface area contributed by atoms with Gasteiger partial charge in [0, 0.05) is 42.5 Å². The van der Waals surface area contributed by atoms with Gasteiger partial charge in [0.25, 0.3) is 0 Å². The van der Waals surface area contributed by atoms with Gasteiger partial charge in [0.2, 0.25) is 11.8 Å². The first kappa shape index (κ1) is 16.1. The van der Waals surface area contributed by atoms with Crippen molar-refractivity contribution in [3.05, 3.63) is 23.2 Å². The molecular weight excluding hydrogens is 310 g/mol. The molecule has 2 rings (SSSR count). The van der Waals surface area contributed by atoms with Gasteiger partial charge in [0.1, 0.15) is 0 Å². The molecule has 2 amide bonds. The van der Waals surface area contributed by atoms with Gasteiger partial charge in [0.05, 0.1) is 11.4 Å². The van der Waals surface area contributed by atoms with Gasteiger partial charge in [-0.15, -0.1) is 0 Å². The van der Waals surface area contributed by atoms with Crippen molar-refractivity contribution in [3.63, 3.8) is 0 Å². The summed E-state index contributed by atoms with van der Waals surface area (Å²) in [7, 11) is 0. The summed E-state index contributed by atoms with van der Waals surface area (Å²) in [6.45, 7) is 2.34. The minimum atomic E-state index is -0.210. The molecule has 1 aromatic rings. The summed E-state index contributed by atoms with van der Waals surface area (Å²) in [5.74, 6) is 1.73. The molecule has 114 valence electrons. The van der Waals surface area contributed by atoms with Crippen LogP contribution in [-0.4, -0.2) is 35.9 Å². The molecule has 1 heterocycles. The van der Waals surface area contributed by atoms with Gasteiger partial charge in [-0.3, -0.25) is 9.59 Å². The quantitative estimate of drug-likeness (QED) is 0.794. The van der Waals surface area contributed by atoms with E-state index in [1.54, 1.807) is 18.2 Å². The summed E-state index contributed by atoms with van der Waals surface area (Å²) >= 11 is 7.76. The largest absolute Gasteiger partial charge is 0.324 e. The van der Waals surface area contributed by atoms with Gasteiger partial charge in [0.15, 0.2) is 0 Å². The van der Waals surface area contributed by atoms with E-state index in [0.717, 1.165) is 18.1 Å². The van der Waals surface area contributed by atoms with E-state index >= 15 is 0 Å². The van der Waals surface area contributed by atoms with E-state index in [1.165, 1.54) is 6.92 Å². The molecular formula is C14H18ClN3O2S. The first-order chi connectivity index (χ1) is 10.0. The molecule has 1 aliphatic heterocycles. The van der Waals surface area contributed by atoms with Crippen LogP contribution in [0.15, 0.2) is 18.2 Å². The highest BCUT2D eigenvalue weighted by Gasteiger charge is 2.17. The fraction of sp³-hybridized carbons (Fsp3) is 0.429. The summed E-state index contributed by atoms with van der Waals surface area (Å²) in [4.78, 5) is 23.3. The first-order valence-electron chi connectivity index (χ1n) is 6.72. The Hall–Kier alpha value is -1.24. The molecule has 7 heteroatoms. The van der Waals surface area contributed by atoms with Crippen LogP contribution in [-0.2, 0) is 9.59 Å². The molecule has 1 fully saturated rings. The van der Waals surface area contributed by atoms with Crippen LogP contribution in [0.5, 0.6) is 0 Å². The lowest BCUT2D eigenvalue weighted by Gasteiger charge is -2.22. The SMILES string of the molecule is CC(=O)Nc1cc(Cl)ccc1NC(=O)CC1CSCCN1. The number of halogens is 1. The molecule has 3 N–H and O–H groups in total. The second kappa shape index (κ2) is 7.68. The number of thioether (sulfide) groups is 1. The van der Waals surface area contributed by atoms with Crippen molar-refractivity contribution >= 4 is 46.6 Å². The van der Waals surface area contributed by atoms with Crippen LogP contribution in [0.2, 0.25) is 5.02 Å². The molecule has 1 aromatic carbocycles. The van der Waals surface area contributed by atoms with Gasteiger partial charge >= 0.3 is 0 Å². The van der Waals surface area contributed by atoms with Crippen LogP contribution in [0.3, 0.4) is 0 Å². The van der Waals surface area contributed by atoms with Crippen LogP contribution < -0.4 is 16.0 Å². The van der Waals surface area contributed by atoms with Crippen molar-refractivity contribution in [2.24, 2.45) is 0 Å². The number of hydrogen-bond acceptors (Lipinski definition) is 4. The third kappa shape index (κ3) is 5.22. The fourth-order valence-electron chi connectivity index (χ4n) is 2.09. The average molecular weight is 328 g/mol. The summed E-state index contributed by atoms with van der Waals surface area (Å²) in [6.07, 6.45) is 0.412. The lowest BCUT2D eigenvalue weighted by Crippen LogP contribution is -2.39. The number of carbonyl (C=O) groups is 2. The number of carbonyl (C=O) groups excluding carboxylic acids is 2. The van der Waals surface area contributed by atoms with Crippen molar-refractivity contribution in [3.8, 4) is 0 Å². The van der Waals surface area contributed by atoms with Crippen molar-refractivity contribution < 1.29 is 9.59 Å². The first-order valence-corrected chi connectivity index (χ1v) is 8.26. The predicted molar refractivity (Wildman–Crippen MR) is 88.1 cm³/mol. The number of amides is 2. The second-order valence-electron chi connectivity index (χ2n) is 4.85. The molecule has 1 atom stereocenters. The van der Waals surface area contributed by atoms with E-state index in [9.17, 15) is 9.59 Å². The summed E-state index contributed by atoms with van der Waals surface area (Å²) in [5.41, 5.74) is 1.07. The molecule has 1 aliphatic rings. The number of rotatable bonds is 4. The van der Waals surface area contributed by atoms with Crippen LogP contribution in [0, 0.1) is 0 Å². The highest BCUT2D eigenvalue weighted by molar-refractivity contribution is 7.99. The Morgan fingerprint density at radius 3 is 2.86 bits per heavy atom. The van der Waals surface area contributed by atoms with E-state index in [2.05, 4.69) is 16.0 Å². The highest BCUT2D eigenvalue weighted by atomic mass is 35.5. The summed E-state index contributed by atoms with van der Waals surface area (Å²) < 4.78 is 0. The molecule has 0 saturated carbocycles. The topological polar surface area (TPSA) is 70.2 Å². The predicted octanol–water partition coefficient (Wildman–Crippen LogP) is 2.33. The van der Waals surface area contributed by atoms with Gasteiger partial charge in [-0.05, 0) is 18.2 Å². The molecule has 1 unspecified atom stereocenters. The molecule has 0 aromatic heterocycles. The van der Waals surface area contributed by atoms with Gasteiger partial charge in [-0.2, -0.15) is 11.8 Å². The van der Waals surface area contributed by atoms with E-state index in [4.69, 9.17) is 11.6 Å². The summed E-state index contributed by atoms with van der Waals surface area (Å²) in [5, 5.41) is 9.32. The van der Waals surface area contributed by atoms with E-state index in [0.29, 0.717) is 22.8 Å². The van der Waals surface area contributed by atoms with Crippen molar-refractivity contribution in [1.29, 1.82) is 0 Å². The molecule has 0 spiro atoms. The van der Waals surface area contributed by atoms with E-state index in [-0.39, 0.29) is 17.9 Å². The second-order valence-corrected chi connectivity index (χ2v) is 6.44. The van der Waals surface area contributed by atoms with Crippen molar-refractivity contribution in [1.82, 2.24) is 5.32 Å². The zero-order valence-corrected chi connectivity index (χ0v) is 13.3. The third-order valence-corrected chi connectivity index (χ3v) is 4.36. The maximum atomic E-state index is 12.1. The maximum Gasteiger partial charge on any atom is 0.226 e. The fourth-order valence-corrected chi connectivity index (χ4v) is 3.22. The summed E-state index contributed by atoms with van der Waals surface area (Å²) in [6, 6.07) is 5.18. The Labute approximate surface area is 133 Å². The van der Waals surface area contributed by atoms with Crippen LogP contribution >= 0.6 is 23.4 Å². The Bertz CT molecular complexity index is 533. The monoisotopic (exact) mass is 327 g/mol. The van der Waals surface area contributed by atoms with Crippen LogP contribution in [0.4, 0.5) is 11.4 Å². The normalized spacial score (nSPS) is 18.1. The molecule has 0 aliphatic carbocycles. The Morgan fingerprint density at radius 2 is 2.19 bits per heavy atom. The smallest absolute Gasteiger partial charge is 0.226 e. The Kier molecular flexibility index (Phi) is 5.90. The molecule has 5 nitrogen and oxygen atoms in total. The highest BCUT2D eigenvalue weighted by Crippen LogP contribution is 2.26. The van der Waals surface area contributed by atoms with E-state index < -0.39 is 0 Å². The van der Waals surface area contributed by atoms with Crippen molar-refractivity contribution in [2.45, 2.75) is 19.4 Å². The van der Waals surface area contributed by atoms with Gasteiger partial charge < -0.3 is 16.0 Å². The van der Waals surface area contributed by atoms with Gasteiger partial charge in [-0.25, -0.2) is 0 Å². The van der Waals surface area contributed by atoms with Crippen molar-refractivity contribution in [2.75, 3.05) is 28.7 Å². The molecule has 21 heavy (non-hydrogen) atoms. The maximum absolute atomic E-state index is 12.1. The molecule has 1 saturated heterocycles. The van der Waals surface area contributed by atoms with E-state index in [1.807, 2.05) is 11.8 Å². The molecule has 0 radical (unpaired) electrons. The number of anilines is 2. The average Bonchev–Trinajstić information content (AvgIpc) is 2.42. The number of hydrogen-bond donors (Lipinski definition) is 3. The zero-order valence-electron chi connectivity index (χ0n) is 11.7. The zero-order chi connectivity index (χ0) is 15.2. The Morgan fingerprint density at radius 1 is 1.38 bits per heavy atom. The lowest BCUT2D eigenvalue weighted by atomic mass is 10.2. The molecule has 0 bridgehead atoms. The number of benzene rings is 1. The lowest BCUT2D eigenvalue weighted by molar-refractivity contribution is -0.116. The Balaban J connectivity index is 2.00. The van der Waals surface area contributed by atoms with Crippen LogP contribution in [0.1, 0.15) is 13.3 Å². The van der Waals surface area contributed by atoms with Crippen LogP contribution in [0.25, 0.3) is 0 Å².